The lowest BCUT2D eigenvalue weighted by molar-refractivity contribution is 0.0832. The Bertz CT molecular complexity index is 291. The van der Waals surface area contributed by atoms with E-state index in [9.17, 15) is 0 Å². The van der Waals surface area contributed by atoms with Crippen molar-refractivity contribution in [1.82, 2.24) is 4.98 Å². The largest absolute Gasteiger partial charge is 0.373 e. The lowest BCUT2D eigenvalue weighted by Gasteiger charge is -2.17. The normalized spacial score (nSPS) is 12.0. The number of hydrogen-bond acceptors (Lipinski definition) is 4. The third kappa shape index (κ3) is 5.25. The van der Waals surface area contributed by atoms with Gasteiger partial charge in [0.1, 0.15) is 0 Å². The molecule has 0 aliphatic rings. The molecule has 0 aromatic carbocycles. The van der Waals surface area contributed by atoms with E-state index in [4.69, 9.17) is 10.5 Å². The number of aromatic nitrogens is 1. The quantitative estimate of drug-likeness (QED) is 0.813. The minimum atomic E-state index is -0.262. The Balaban J connectivity index is 2.31. The van der Waals surface area contributed by atoms with Gasteiger partial charge in [-0.25, -0.2) is 4.98 Å². The smallest absolute Gasteiger partial charge is 0.0929 e. The fourth-order valence-electron chi connectivity index (χ4n) is 1.16. The number of ether oxygens (including phenoxy) is 1. The van der Waals surface area contributed by atoms with E-state index >= 15 is 0 Å². The average Bonchev–Trinajstić information content (AvgIpc) is 2.51. The van der Waals surface area contributed by atoms with Crippen molar-refractivity contribution in [2.75, 3.05) is 6.61 Å². The molecule has 0 unspecified atom stereocenters. The number of rotatable bonds is 6. The van der Waals surface area contributed by atoms with E-state index in [-0.39, 0.29) is 5.54 Å². The van der Waals surface area contributed by atoms with Gasteiger partial charge in [0.2, 0.25) is 0 Å². The highest BCUT2D eigenvalue weighted by Gasteiger charge is 2.10. The molecule has 1 aromatic heterocycles. The van der Waals surface area contributed by atoms with Gasteiger partial charge in [-0.15, -0.1) is 11.3 Å². The van der Waals surface area contributed by atoms with E-state index in [1.165, 1.54) is 5.01 Å². The van der Waals surface area contributed by atoms with Crippen LogP contribution in [0, 0.1) is 0 Å². The number of thiazole rings is 1. The summed E-state index contributed by atoms with van der Waals surface area (Å²) in [6.07, 6.45) is 2.21. The highest BCUT2D eigenvalue weighted by molar-refractivity contribution is 7.09. The van der Waals surface area contributed by atoms with Gasteiger partial charge in [-0.05, 0) is 26.7 Å². The van der Waals surface area contributed by atoms with Crippen LogP contribution in [0.5, 0.6) is 0 Å². The number of hydrogen-bond donors (Lipinski definition) is 1. The molecule has 0 amide bonds. The topological polar surface area (TPSA) is 48.1 Å². The van der Waals surface area contributed by atoms with E-state index in [1.807, 2.05) is 13.8 Å². The Kier molecular flexibility index (Phi) is 4.70. The molecule has 4 heteroatoms. The maximum absolute atomic E-state index is 5.81. The predicted octanol–water partition coefficient (Wildman–Crippen LogP) is 2.35. The zero-order valence-corrected chi connectivity index (χ0v) is 10.6. The summed E-state index contributed by atoms with van der Waals surface area (Å²) in [5.41, 5.74) is 6.57. The molecule has 0 bridgehead atoms. The highest BCUT2D eigenvalue weighted by Crippen LogP contribution is 2.12. The van der Waals surface area contributed by atoms with Crippen LogP contribution >= 0.6 is 11.3 Å². The van der Waals surface area contributed by atoms with Crippen molar-refractivity contribution in [2.45, 2.75) is 45.8 Å². The second-order valence-electron chi connectivity index (χ2n) is 4.46. The molecule has 0 aliphatic carbocycles. The molecule has 0 saturated heterocycles. The van der Waals surface area contributed by atoms with E-state index in [0.29, 0.717) is 13.2 Å². The molecule has 15 heavy (non-hydrogen) atoms. The van der Waals surface area contributed by atoms with Crippen LogP contribution in [0.3, 0.4) is 0 Å². The molecule has 1 rings (SSSR count). The fourth-order valence-corrected chi connectivity index (χ4v) is 2.05. The summed E-state index contributed by atoms with van der Waals surface area (Å²) in [5.74, 6) is 0. The summed E-state index contributed by atoms with van der Waals surface area (Å²) in [4.78, 5) is 4.47. The van der Waals surface area contributed by atoms with Gasteiger partial charge in [0.25, 0.3) is 0 Å². The molecule has 1 aromatic rings. The predicted molar refractivity (Wildman–Crippen MR) is 64.0 cm³/mol. The SMILES string of the molecule is CCCc1nc(COCC(C)(C)N)cs1. The molecular formula is C11H20N2OS. The molecular weight excluding hydrogens is 208 g/mol. The van der Waals surface area contributed by atoms with Crippen LogP contribution < -0.4 is 5.73 Å². The van der Waals surface area contributed by atoms with Crippen molar-refractivity contribution in [2.24, 2.45) is 5.73 Å². The Labute approximate surface area is 95.7 Å². The van der Waals surface area contributed by atoms with Crippen LogP contribution in [0.2, 0.25) is 0 Å². The van der Waals surface area contributed by atoms with Crippen LogP contribution in [-0.2, 0) is 17.8 Å². The third-order valence-electron chi connectivity index (χ3n) is 1.79. The van der Waals surface area contributed by atoms with Crippen molar-refractivity contribution < 1.29 is 4.74 Å². The summed E-state index contributed by atoms with van der Waals surface area (Å²) >= 11 is 1.71. The van der Waals surface area contributed by atoms with E-state index in [0.717, 1.165) is 18.5 Å². The van der Waals surface area contributed by atoms with E-state index < -0.39 is 0 Å². The average molecular weight is 228 g/mol. The van der Waals surface area contributed by atoms with Crippen LogP contribution in [0.1, 0.15) is 37.9 Å². The lowest BCUT2D eigenvalue weighted by atomic mass is 10.1. The first-order valence-electron chi connectivity index (χ1n) is 5.31. The first kappa shape index (κ1) is 12.6. The Hall–Kier alpha value is -0.450. The Morgan fingerprint density at radius 3 is 2.87 bits per heavy atom. The van der Waals surface area contributed by atoms with Gasteiger partial charge < -0.3 is 10.5 Å². The molecule has 0 fully saturated rings. The molecule has 0 atom stereocenters. The summed E-state index contributed by atoms with van der Waals surface area (Å²) in [7, 11) is 0. The van der Waals surface area contributed by atoms with Gasteiger partial charge in [0.15, 0.2) is 0 Å². The second-order valence-corrected chi connectivity index (χ2v) is 5.41. The molecule has 0 saturated carbocycles. The lowest BCUT2D eigenvalue weighted by Crippen LogP contribution is -2.37. The first-order chi connectivity index (χ1) is 7.01. The first-order valence-corrected chi connectivity index (χ1v) is 6.19. The highest BCUT2D eigenvalue weighted by atomic mass is 32.1. The summed E-state index contributed by atoms with van der Waals surface area (Å²) < 4.78 is 5.49. The van der Waals surface area contributed by atoms with Gasteiger partial charge in [-0.1, -0.05) is 6.92 Å². The van der Waals surface area contributed by atoms with Gasteiger partial charge in [0, 0.05) is 10.9 Å². The summed E-state index contributed by atoms with van der Waals surface area (Å²) in [6.45, 7) is 7.20. The van der Waals surface area contributed by atoms with Crippen LogP contribution in [0.25, 0.3) is 0 Å². The van der Waals surface area contributed by atoms with Crippen molar-refractivity contribution >= 4 is 11.3 Å². The zero-order chi connectivity index (χ0) is 11.3. The van der Waals surface area contributed by atoms with Crippen molar-refractivity contribution in [3.8, 4) is 0 Å². The monoisotopic (exact) mass is 228 g/mol. The maximum Gasteiger partial charge on any atom is 0.0929 e. The molecule has 86 valence electrons. The second kappa shape index (κ2) is 5.58. The molecule has 0 radical (unpaired) electrons. The van der Waals surface area contributed by atoms with Crippen molar-refractivity contribution in [3.63, 3.8) is 0 Å². The minimum absolute atomic E-state index is 0.262. The molecule has 2 N–H and O–H groups in total. The fraction of sp³-hybridized carbons (Fsp3) is 0.727. The van der Waals surface area contributed by atoms with Gasteiger partial charge >= 0.3 is 0 Å². The van der Waals surface area contributed by atoms with Crippen molar-refractivity contribution in [3.05, 3.63) is 16.1 Å². The van der Waals surface area contributed by atoms with Crippen LogP contribution in [-0.4, -0.2) is 17.1 Å². The van der Waals surface area contributed by atoms with Gasteiger partial charge in [-0.2, -0.15) is 0 Å². The van der Waals surface area contributed by atoms with E-state index in [1.54, 1.807) is 11.3 Å². The molecule has 0 aliphatic heterocycles. The van der Waals surface area contributed by atoms with Gasteiger partial charge in [0.05, 0.1) is 23.9 Å². The Morgan fingerprint density at radius 2 is 2.27 bits per heavy atom. The standard InChI is InChI=1S/C11H20N2OS/c1-4-5-10-13-9(7-15-10)6-14-8-11(2,3)12/h7H,4-6,8,12H2,1-3H3. The third-order valence-corrected chi connectivity index (χ3v) is 2.74. The summed E-state index contributed by atoms with van der Waals surface area (Å²) in [5, 5.41) is 3.26. The molecule has 0 spiro atoms. The zero-order valence-electron chi connectivity index (χ0n) is 9.75. The van der Waals surface area contributed by atoms with Crippen LogP contribution in [0.4, 0.5) is 0 Å². The number of nitrogens with two attached hydrogens (primary N) is 1. The molecule has 1 heterocycles. The van der Waals surface area contributed by atoms with Crippen LogP contribution in [0.15, 0.2) is 5.38 Å². The molecule has 3 nitrogen and oxygen atoms in total. The minimum Gasteiger partial charge on any atom is -0.373 e. The maximum atomic E-state index is 5.81. The van der Waals surface area contributed by atoms with E-state index in [2.05, 4.69) is 17.3 Å². The van der Waals surface area contributed by atoms with Crippen molar-refractivity contribution in [1.29, 1.82) is 0 Å². The van der Waals surface area contributed by atoms with Gasteiger partial charge in [-0.3, -0.25) is 0 Å². The summed E-state index contributed by atoms with van der Waals surface area (Å²) in [6, 6.07) is 0. The Morgan fingerprint density at radius 1 is 1.53 bits per heavy atom. The number of aryl methyl sites for hydroxylation is 1. The number of nitrogens with zero attached hydrogens (tertiary/aromatic N) is 1.